The van der Waals surface area contributed by atoms with Crippen molar-refractivity contribution in [3.63, 3.8) is 0 Å². The van der Waals surface area contributed by atoms with Crippen molar-refractivity contribution in [1.82, 2.24) is 15.0 Å². The number of aromatic nitrogens is 3. The van der Waals surface area contributed by atoms with Crippen molar-refractivity contribution in [2.24, 2.45) is 0 Å². The van der Waals surface area contributed by atoms with Gasteiger partial charge < -0.3 is 0 Å². The smallest absolute Gasteiger partial charge is 0.155 e. The number of aryl methyl sites for hydroxylation is 1. The molecule has 0 unspecified atom stereocenters. The molecule has 4 nitrogen and oxygen atoms in total. The third-order valence-electron chi connectivity index (χ3n) is 1.97. The second-order valence-corrected chi connectivity index (χ2v) is 3.07. The molecule has 15 heavy (non-hydrogen) atoms. The Morgan fingerprint density at radius 2 is 2.27 bits per heavy atom. The molecule has 1 aromatic carbocycles. The first-order valence-corrected chi connectivity index (χ1v) is 4.35. The fraction of sp³-hybridized carbons (Fsp3) is 0.100. The Hall–Kier alpha value is -2.04. The first kappa shape index (κ1) is 9.51. The molecule has 1 heterocycles. The molecule has 0 spiro atoms. The predicted molar refractivity (Wildman–Crippen MR) is 51.4 cm³/mol. The lowest BCUT2D eigenvalue weighted by Gasteiger charge is -2.03. The zero-order chi connectivity index (χ0) is 10.8. The largest absolute Gasteiger partial charge is 0.298 e. The number of rotatable bonds is 2. The Labute approximate surface area is 85.3 Å². The van der Waals surface area contributed by atoms with E-state index in [4.69, 9.17) is 0 Å². The van der Waals surface area contributed by atoms with Crippen molar-refractivity contribution in [2.45, 2.75) is 6.92 Å². The van der Waals surface area contributed by atoms with Crippen LogP contribution in [-0.4, -0.2) is 21.3 Å². The molecular weight excluding hydrogens is 197 g/mol. The van der Waals surface area contributed by atoms with Crippen LogP contribution in [0, 0.1) is 12.7 Å². The highest BCUT2D eigenvalue weighted by molar-refractivity contribution is 5.80. The van der Waals surface area contributed by atoms with E-state index in [1.807, 2.05) is 0 Å². The maximum Gasteiger partial charge on any atom is 0.155 e. The molecule has 0 fully saturated rings. The van der Waals surface area contributed by atoms with E-state index in [1.165, 1.54) is 16.9 Å². The van der Waals surface area contributed by atoms with Crippen LogP contribution in [-0.2, 0) is 0 Å². The van der Waals surface area contributed by atoms with Crippen LogP contribution in [0.4, 0.5) is 4.39 Å². The van der Waals surface area contributed by atoms with Gasteiger partial charge in [0.2, 0.25) is 0 Å². The monoisotopic (exact) mass is 205 g/mol. The number of hydrogen-bond acceptors (Lipinski definition) is 3. The van der Waals surface area contributed by atoms with Gasteiger partial charge in [-0.1, -0.05) is 6.07 Å². The van der Waals surface area contributed by atoms with E-state index in [2.05, 4.69) is 10.2 Å². The highest BCUT2D eigenvalue weighted by atomic mass is 19.1. The number of hydrogen-bond donors (Lipinski definition) is 0. The molecule has 0 amide bonds. The number of carbonyl (C=O) groups excluding carboxylic acids is 1. The van der Waals surface area contributed by atoms with Gasteiger partial charge >= 0.3 is 0 Å². The topological polar surface area (TPSA) is 47.8 Å². The van der Waals surface area contributed by atoms with E-state index in [9.17, 15) is 9.18 Å². The third kappa shape index (κ3) is 1.63. The van der Waals surface area contributed by atoms with Gasteiger partial charge in [-0.3, -0.25) is 4.79 Å². The molecule has 0 bridgehead atoms. The van der Waals surface area contributed by atoms with Crippen molar-refractivity contribution < 1.29 is 9.18 Å². The molecule has 76 valence electrons. The molecule has 0 aliphatic rings. The third-order valence-corrected chi connectivity index (χ3v) is 1.97. The molecule has 0 saturated carbocycles. The summed E-state index contributed by atoms with van der Waals surface area (Å²) in [6, 6.07) is 4.33. The highest BCUT2D eigenvalue weighted by Gasteiger charge is 2.10. The van der Waals surface area contributed by atoms with Crippen LogP contribution in [0.15, 0.2) is 24.4 Å². The normalized spacial score (nSPS) is 10.3. The van der Waals surface area contributed by atoms with E-state index < -0.39 is 5.82 Å². The van der Waals surface area contributed by atoms with Gasteiger partial charge in [0.15, 0.2) is 6.29 Å². The lowest BCUT2D eigenvalue weighted by molar-refractivity contribution is 0.111. The summed E-state index contributed by atoms with van der Waals surface area (Å²) < 4.78 is 13.2. The summed E-state index contributed by atoms with van der Waals surface area (Å²) in [7, 11) is 0. The fourth-order valence-corrected chi connectivity index (χ4v) is 1.27. The van der Waals surface area contributed by atoms with E-state index in [-0.39, 0.29) is 5.56 Å². The minimum absolute atomic E-state index is 0.0342. The number of carbonyl (C=O) groups is 1. The predicted octanol–water partition coefficient (Wildman–Crippen LogP) is 1.53. The average Bonchev–Trinajstić information content (AvgIpc) is 2.64. The summed E-state index contributed by atoms with van der Waals surface area (Å²) in [5.41, 5.74) is 1.02. The maximum atomic E-state index is 13.2. The Kier molecular flexibility index (Phi) is 2.29. The second kappa shape index (κ2) is 3.61. The molecule has 0 aliphatic carbocycles. The maximum absolute atomic E-state index is 13.2. The lowest BCUT2D eigenvalue weighted by Crippen LogP contribution is -2.04. The van der Waals surface area contributed by atoms with Gasteiger partial charge in [0.1, 0.15) is 5.82 Å². The lowest BCUT2D eigenvalue weighted by atomic mass is 10.2. The first-order valence-electron chi connectivity index (χ1n) is 4.35. The summed E-state index contributed by atoms with van der Waals surface area (Å²) in [4.78, 5) is 12.0. The first-order chi connectivity index (χ1) is 7.22. The second-order valence-electron chi connectivity index (χ2n) is 3.07. The van der Waals surface area contributed by atoms with E-state index in [0.717, 1.165) is 0 Å². The molecule has 0 radical (unpaired) electrons. The van der Waals surface area contributed by atoms with Gasteiger partial charge in [0, 0.05) is 0 Å². The molecule has 1 aromatic heterocycles. The zero-order valence-corrected chi connectivity index (χ0v) is 8.01. The van der Waals surface area contributed by atoms with Gasteiger partial charge in [-0.25, -0.2) is 4.39 Å². The number of nitrogens with zero attached hydrogens (tertiary/aromatic N) is 3. The number of aldehydes is 1. The van der Waals surface area contributed by atoms with Crippen molar-refractivity contribution in [3.8, 4) is 5.69 Å². The van der Waals surface area contributed by atoms with Crippen molar-refractivity contribution in [3.05, 3.63) is 41.5 Å². The minimum Gasteiger partial charge on any atom is -0.298 e. The van der Waals surface area contributed by atoms with Crippen molar-refractivity contribution in [1.29, 1.82) is 0 Å². The molecule has 2 rings (SSSR count). The van der Waals surface area contributed by atoms with Crippen molar-refractivity contribution in [2.75, 3.05) is 0 Å². The standard InChI is InChI=1S/C10H8FN3O/c1-7-5-12-14(13-7)10-4-2-3-9(11)8(10)6-15/h2-6H,1H3. The SMILES string of the molecule is Cc1cnn(-c2cccc(F)c2C=O)n1. The number of benzene rings is 1. The molecule has 5 heteroatoms. The Morgan fingerprint density at radius 1 is 1.47 bits per heavy atom. The average molecular weight is 205 g/mol. The molecule has 0 aliphatic heterocycles. The quantitative estimate of drug-likeness (QED) is 0.698. The van der Waals surface area contributed by atoms with Crippen molar-refractivity contribution >= 4 is 6.29 Å². The van der Waals surface area contributed by atoms with Gasteiger partial charge in [-0.05, 0) is 19.1 Å². The Morgan fingerprint density at radius 3 is 2.87 bits per heavy atom. The summed E-state index contributed by atoms with van der Waals surface area (Å²) in [6.07, 6.45) is 2.00. The van der Waals surface area contributed by atoms with Crippen LogP contribution in [0.1, 0.15) is 16.1 Å². The van der Waals surface area contributed by atoms with E-state index in [0.29, 0.717) is 17.7 Å². The van der Waals surface area contributed by atoms with Crippen LogP contribution in [0.3, 0.4) is 0 Å². The molecule has 0 N–H and O–H groups in total. The fourth-order valence-electron chi connectivity index (χ4n) is 1.27. The molecular formula is C10H8FN3O. The highest BCUT2D eigenvalue weighted by Crippen LogP contribution is 2.14. The summed E-state index contributed by atoms with van der Waals surface area (Å²) >= 11 is 0. The molecule has 0 atom stereocenters. The van der Waals surface area contributed by atoms with Gasteiger partial charge in [0.05, 0.1) is 23.1 Å². The zero-order valence-electron chi connectivity index (χ0n) is 8.01. The number of halogens is 1. The Bertz CT molecular complexity index is 507. The van der Waals surface area contributed by atoms with Gasteiger partial charge in [-0.2, -0.15) is 15.0 Å². The Balaban J connectivity index is 2.62. The van der Waals surface area contributed by atoms with E-state index >= 15 is 0 Å². The van der Waals surface area contributed by atoms with E-state index in [1.54, 1.807) is 19.2 Å². The minimum atomic E-state index is -0.572. The van der Waals surface area contributed by atoms with Crippen LogP contribution in [0.25, 0.3) is 5.69 Å². The molecule has 0 saturated heterocycles. The molecule has 2 aromatic rings. The summed E-state index contributed by atoms with van der Waals surface area (Å²) in [5.74, 6) is -0.572. The van der Waals surface area contributed by atoms with Gasteiger partial charge in [0.25, 0.3) is 0 Å². The van der Waals surface area contributed by atoms with Gasteiger partial charge in [-0.15, -0.1) is 0 Å². The van der Waals surface area contributed by atoms with Crippen LogP contribution in [0.2, 0.25) is 0 Å². The van der Waals surface area contributed by atoms with Crippen LogP contribution >= 0.6 is 0 Å². The summed E-state index contributed by atoms with van der Waals surface area (Å²) in [5, 5.41) is 7.93. The van der Waals surface area contributed by atoms with Crippen LogP contribution < -0.4 is 0 Å². The summed E-state index contributed by atoms with van der Waals surface area (Å²) in [6.45, 7) is 1.77. The van der Waals surface area contributed by atoms with Crippen LogP contribution in [0.5, 0.6) is 0 Å².